The number of amides is 2. The Labute approximate surface area is 103 Å². The standard InChI is InChI=1S/C12H14F2N2O2/c13-11(14)18-10-6-4-9(5-7-10)16-12(17)15-8-2-1-3-8/h4-8,11H,1-3H2,(H2,15,16,17). The zero-order valence-electron chi connectivity index (χ0n) is 9.66. The number of urea groups is 1. The Morgan fingerprint density at radius 1 is 1.28 bits per heavy atom. The maximum atomic E-state index is 11.9. The van der Waals surface area contributed by atoms with E-state index < -0.39 is 6.61 Å². The van der Waals surface area contributed by atoms with Gasteiger partial charge in [-0.1, -0.05) is 0 Å². The lowest BCUT2D eigenvalue weighted by Gasteiger charge is -2.26. The van der Waals surface area contributed by atoms with Gasteiger partial charge in [-0.15, -0.1) is 0 Å². The number of halogens is 2. The van der Waals surface area contributed by atoms with Crippen LogP contribution in [0.1, 0.15) is 19.3 Å². The van der Waals surface area contributed by atoms with Gasteiger partial charge in [0.25, 0.3) is 0 Å². The fourth-order valence-corrected chi connectivity index (χ4v) is 1.62. The van der Waals surface area contributed by atoms with Gasteiger partial charge in [0.1, 0.15) is 5.75 Å². The Kier molecular flexibility index (Phi) is 3.96. The lowest BCUT2D eigenvalue weighted by molar-refractivity contribution is -0.0498. The largest absolute Gasteiger partial charge is 0.435 e. The Morgan fingerprint density at radius 3 is 2.44 bits per heavy atom. The van der Waals surface area contributed by atoms with E-state index in [1.165, 1.54) is 24.3 Å². The van der Waals surface area contributed by atoms with Crippen molar-refractivity contribution < 1.29 is 18.3 Å². The highest BCUT2D eigenvalue weighted by atomic mass is 19.3. The molecule has 0 aromatic heterocycles. The summed E-state index contributed by atoms with van der Waals surface area (Å²) in [6.45, 7) is -2.84. The lowest BCUT2D eigenvalue weighted by Crippen LogP contribution is -2.41. The summed E-state index contributed by atoms with van der Waals surface area (Å²) in [6, 6.07) is 5.76. The molecule has 98 valence electrons. The van der Waals surface area contributed by atoms with Gasteiger partial charge in [0, 0.05) is 11.7 Å². The Balaban J connectivity index is 1.83. The Morgan fingerprint density at radius 2 is 1.94 bits per heavy atom. The molecule has 1 saturated carbocycles. The van der Waals surface area contributed by atoms with Crippen LogP contribution in [-0.2, 0) is 0 Å². The molecule has 1 aliphatic carbocycles. The number of ether oxygens (including phenoxy) is 1. The summed E-state index contributed by atoms with van der Waals surface area (Å²) in [5, 5.41) is 5.44. The van der Waals surface area contributed by atoms with E-state index in [4.69, 9.17) is 0 Å². The van der Waals surface area contributed by atoms with Crippen molar-refractivity contribution in [2.75, 3.05) is 5.32 Å². The van der Waals surface area contributed by atoms with E-state index >= 15 is 0 Å². The van der Waals surface area contributed by atoms with E-state index in [-0.39, 0.29) is 17.8 Å². The van der Waals surface area contributed by atoms with Crippen molar-refractivity contribution in [1.82, 2.24) is 5.32 Å². The van der Waals surface area contributed by atoms with Crippen LogP contribution in [0.15, 0.2) is 24.3 Å². The topological polar surface area (TPSA) is 50.4 Å². The molecular formula is C12H14F2N2O2. The molecule has 2 rings (SSSR count). The van der Waals surface area contributed by atoms with E-state index in [2.05, 4.69) is 15.4 Å². The Hall–Kier alpha value is -1.85. The van der Waals surface area contributed by atoms with Crippen LogP contribution in [0, 0.1) is 0 Å². The molecule has 1 aromatic rings. The van der Waals surface area contributed by atoms with Gasteiger partial charge < -0.3 is 15.4 Å². The van der Waals surface area contributed by atoms with Crippen molar-refractivity contribution in [3.05, 3.63) is 24.3 Å². The fourth-order valence-electron chi connectivity index (χ4n) is 1.62. The number of nitrogens with one attached hydrogen (secondary N) is 2. The second kappa shape index (κ2) is 5.66. The van der Waals surface area contributed by atoms with Crippen LogP contribution in [0.4, 0.5) is 19.3 Å². The number of alkyl halides is 2. The summed E-state index contributed by atoms with van der Waals surface area (Å²) in [6.07, 6.45) is 3.16. The molecule has 1 fully saturated rings. The second-order valence-corrected chi connectivity index (χ2v) is 4.13. The number of carbonyl (C=O) groups excluding carboxylic acids is 1. The molecule has 0 bridgehead atoms. The van der Waals surface area contributed by atoms with Gasteiger partial charge >= 0.3 is 12.6 Å². The van der Waals surface area contributed by atoms with Gasteiger partial charge in [-0.2, -0.15) is 8.78 Å². The van der Waals surface area contributed by atoms with Crippen LogP contribution >= 0.6 is 0 Å². The number of benzene rings is 1. The highest BCUT2D eigenvalue weighted by Crippen LogP contribution is 2.19. The minimum absolute atomic E-state index is 0.0648. The van der Waals surface area contributed by atoms with E-state index in [9.17, 15) is 13.6 Å². The fraction of sp³-hybridized carbons (Fsp3) is 0.417. The van der Waals surface area contributed by atoms with Crippen LogP contribution in [0.5, 0.6) is 5.75 Å². The van der Waals surface area contributed by atoms with Crippen LogP contribution in [0.3, 0.4) is 0 Å². The molecule has 2 N–H and O–H groups in total. The number of hydrogen-bond acceptors (Lipinski definition) is 2. The van der Waals surface area contributed by atoms with Crippen molar-refractivity contribution in [2.24, 2.45) is 0 Å². The molecule has 0 spiro atoms. The molecule has 4 nitrogen and oxygen atoms in total. The molecule has 0 unspecified atom stereocenters. The number of rotatable bonds is 4. The molecule has 0 atom stereocenters. The minimum Gasteiger partial charge on any atom is -0.435 e. The summed E-state index contributed by atoms with van der Waals surface area (Å²) >= 11 is 0. The van der Waals surface area contributed by atoms with Crippen molar-refractivity contribution in [2.45, 2.75) is 31.9 Å². The van der Waals surface area contributed by atoms with Gasteiger partial charge in [-0.05, 0) is 43.5 Å². The average Bonchev–Trinajstić information content (AvgIpc) is 2.26. The molecule has 0 aliphatic heterocycles. The summed E-state index contributed by atoms with van der Waals surface area (Å²) < 4.78 is 28.0. The summed E-state index contributed by atoms with van der Waals surface area (Å²) in [4.78, 5) is 11.5. The van der Waals surface area contributed by atoms with E-state index in [0.29, 0.717) is 5.69 Å². The van der Waals surface area contributed by atoms with Gasteiger partial charge in [-0.25, -0.2) is 4.79 Å². The molecule has 0 heterocycles. The molecule has 6 heteroatoms. The first-order valence-corrected chi connectivity index (χ1v) is 5.76. The third kappa shape index (κ3) is 3.58. The normalized spacial score (nSPS) is 15.1. The Bertz CT molecular complexity index is 405. The first-order chi connectivity index (χ1) is 8.63. The number of carbonyl (C=O) groups is 1. The zero-order valence-corrected chi connectivity index (χ0v) is 9.66. The zero-order chi connectivity index (χ0) is 13.0. The molecule has 1 aromatic carbocycles. The monoisotopic (exact) mass is 256 g/mol. The third-order valence-corrected chi connectivity index (χ3v) is 2.78. The van der Waals surface area contributed by atoms with Crippen molar-refractivity contribution >= 4 is 11.7 Å². The van der Waals surface area contributed by atoms with Crippen LogP contribution in [-0.4, -0.2) is 18.7 Å². The smallest absolute Gasteiger partial charge is 0.387 e. The molecule has 0 saturated heterocycles. The number of anilines is 1. The van der Waals surface area contributed by atoms with Crippen LogP contribution < -0.4 is 15.4 Å². The quantitative estimate of drug-likeness (QED) is 0.870. The maximum absolute atomic E-state index is 11.9. The molecular weight excluding hydrogens is 242 g/mol. The highest BCUT2D eigenvalue weighted by Gasteiger charge is 2.19. The molecule has 2 amide bonds. The summed E-state index contributed by atoms with van der Waals surface area (Å²) in [7, 11) is 0. The van der Waals surface area contributed by atoms with E-state index in [0.717, 1.165) is 19.3 Å². The second-order valence-electron chi connectivity index (χ2n) is 4.13. The summed E-state index contributed by atoms with van der Waals surface area (Å²) in [5.41, 5.74) is 0.536. The predicted molar refractivity (Wildman–Crippen MR) is 62.9 cm³/mol. The van der Waals surface area contributed by atoms with Gasteiger partial charge in [0.15, 0.2) is 0 Å². The van der Waals surface area contributed by atoms with Gasteiger partial charge in [0.2, 0.25) is 0 Å². The van der Waals surface area contributed by atoms with Crippen LogP contribution in [0.25, 0.3) is 0 Å². The third-order valence-electron chi connectivity index (χ3n) is 2.78. The predicted octanol–water partition coefficient (Wildman–Crippen LogP) is 2.96. The average molecular weight is 256 g/mol. The summed E-state index contributed by atoms with van der Waals surface area (Å²) in [5.74, 6) is 0.0648. The molecule has 1 aliphatic rings. The van der Waals surface area contributed by atoms with Crippen molar-refractivity contribution in [3.63, 3.8) is 0 Å². The van der Waals surface area contributed by atoms with Gasteiger partial charge in [-0.3, -0.25) is 0 Å². The number of hydrogen-bond donors (Lipinski definition) is 2. The first-order valence-electron chi connectivity index (χ1n) is 5.76. The minimum atomic E-state index is -2.84. The highest BCUT2D eigenvalue weighted by molar-refractivity contribution is 5.89. The van der Waals surface area contributed by atoms with E-state index in [1.807, 2.05) is 0 Å². The first kappa shape index (κ1) is 12.6. The SMILES string of the molecule is O=C(Nc1ccc(OC(F)F)cc1)NC1CCC1. The van der Waals surface area contributed by atoms with Crippen molar-refractivity contribution in [3.8, 4) is 5.75 Å². The molecule has 0 radical (unpaired) electrons. The van der Waals surface area contributed by atoms with Crippen molar-refractivity contribution in [1.29, 1.82) is 0 Å². The maximum Gasteiger partial charge on any atom is 0.387 e. The molecule has 18 heavy (non-hydrogen) atoms. The van der Waals surface area contributed by atoms with Crippen LogP contribution in [0.2, 0.25) is 0 Å². The van der Waals surface area contributed by atoms with E-state index in [1.54, 1.807) is 0 Å². The van der Waals surface area contributed by atoms with Gasteiger partial charge in [0.05, 0.1) is 0 Å². The lowest BCUT2D eigenvalue weighted by atomic mass is 9.93.